The molecule has 0 saturated carbocycles. The summed E-state index contributed by atoms with van der Waals surface area (Å²) in [6.07, 6.45) is 7.44. The lowest BCUT2D eigenvalue weighted by atomic mass is 10.00. The summed E-state index contributed by atoms with van der Waals surface area (Å²) in [5.41, 5.74) is 4.65. The highest BCUT2D eigenvalue weighted by molar-refractivity contribution is 5.94. The van der Waals surface area contributed by atoms with E-state index in [4.69, 9.17) is 4.74 Å². The first-order valence-electron chi connectivity index (χ1n) is 10.8. The number of carbonyl (C=O) groups is 1. The van der Waals surface area contributed by atoms with Crippen LogP contribution >= 0.6 is 0 Å². The molecule has 1 saturated heterocycles. The van der Waals surface area contributed by atoms with Crippen LogP contribution in [0.1, 0.15) is 46.3 Å². The molecule has 0 radical (unpaired) electrons. The van der Waals surface area contributed by atoms with Gasteiger partial charge in [-0.15, -0.1) is 0 Å². The summed E-state index contributed by atoms with van der Waals surface area (Å²) in [4.78, 5) is 22.1. The Kier molecular flexibility index (Phi) is 6.57. The highest BCUT2D eigenvalue weighted by Gasteiger charge is 2.27. The van der Waals surface area contributed by atoms with Crippen LogP contribution in [0.15, 0.2) is 42.7 Å². The second-order valence-electron chi connectivity index (χ2n) is 8.24. The van der Waals surface area contributed by atoms with Gasteiger partial charge in [-0.1, -0.05) is 24.3 Å². The van der Waals surface area contributed by atoms with E-state index >= 15 is 0 Å². The Morgan fingerprint density at radius 2 is 2.00 bits per heavy atom. The zero-order valence-electron chi connectivity index (χ0n) is 17.3. The molecule has 0 spiro atoms. The van der Waals surface area contributed by atoms with Crippen molar-refractivity contribution in [2.24, 2.45) is 0 Å². The second-order valence-corrected chi connectivity index (χ2v) is 8.24. The second kappa shape index (κ2) is 9.51. The summed E-state index contributed by atoms with van der Waals surface area (Å²) >= 11 is 0. The average Bonchev–Trinajstić information content (AvgIpc) is 2.77. The first-order valence-corrected chi connectivity index (χ1v) is 10.8. The van der Waals surface area contributed by atoms with Crippen molar-refractivity contribution in [1.29, 1.82) is 0 Å². The maximum atomic E-state index is 13.3. The predicted molar refractivity (Wildman–Crippen MR) is 114 cm³/mol. The number of aryl methyl sites for hydroxylation is 1. The van der Waals surface area contributed by atoms with Gasteiger partial charge in [-0.25, -0.2) is 0 Å². The number of nitrogens with zero attached hydrogens (tertiary/aromatic N) is 3. The van der Waals surface area contributed by atoms with Crippen LogP contribution in [0.4, 0.5) is 0 Å². The lowest BCUT2D eigenvalue weighted by Crippen LogP contribution is -2.45. The Labute approximate surface area is 173 Å². The van der Waals surface area contributed by atoms with Gasteiger partial charge in [-0.2, -0.15) is 0 Å². The lowest BCUT2D eigenvalue weighted by molar-refractivity contribution is 0.0278. The Hall–Kier alpha value is -2.24. The average molecular weight is 394 g/mol. The fraction of sp³-hybridized carbons (Fsp3) is 0.500. The Morgan fingerprint density at radius 1 is 1.21 bits per heavy atom. The van der Waals surface area contributed by atoms with E-state index in [2.05, 4.69) is 39.0 Å². The van der Waals surface area contributed by atoms with Crippen LogP contribution in [0.3, 0.4) is 0 Å². The van der Waals surface area contributed by atoms with Crippen molar-refractivity contribution in [3.63, 3.8) is 0 Å². The number of rotatable bonds is 6. The summed E-state index contributed by atoms with van der Waals surface area (Å²) in [6.45, 7) is 7.39. The van der Waals surface area contributed by atoms with Crippen LogP contribution in [0.5, 0.6) is 0 Å². The monoisotopic (exact) mass is 393 g/mol. The SMILES string of the molecule is Cc1cncc(C(=O)N(CCCN2CCc3ccccc3C2)C2CCOCC2)c1. The summed E-state index contributed by atoms with van der Waals surface area (Å²) in [5.74, 6) is 0.108. The third-order valence-corrected chi connectivity index (χ3v) is 6.10. The molecule has 0 aliphatic carbocycles. The molecular weight excluding hydrogens is 362 g/mol. The number of carbonyl (C=O) groups excluding carboxylic acids is 1. The van der Waals surface area contributed by atoms with Crippen LogP contribution in [0.25, 0.3) is 0 Å². The summed E-state index contributed by atoms with van der Waals surface area (Å²) < 4.78 is 5.53. The molecule has 3 heterocycles. The Bertz CT molecular complexity index is 832. The molecule has 1 fully saturated rings. The maximum absolute atomic E-state index is 13.3. The van der Waals surface area contributed by atoms with E-state index in [0.29, 0.717) is 5.56 Å². The number of ether oxygens (including phenoxy) is 1. The molecule has 1 aromatic heterocycles. The van der Waals surface area contributed by atoms with Crippen LogP contribution in [0.2, 0.25) is 0 Å². The van der Waals surface area contributed by atoms with Crippen molar-refractivity contribution < 1.29 is 9.53 Å². The number of pyridine rings is 1. The number of fused-ring (bicyclic) bond motifs is 1. The number of amides is 1. The molecule has 154 valence electrons. The maximum Gasteiger partial charge on any atom is 0.255 e. The zero-order valence-corrected chi connectivity index (χ0v) is 17.3. The molecule has 0 N–H and O–H groups in total. The Balaban J connectivity index is 1.39. The number of hydrogen-bond donors (Lipinski definition) is 0. The molecule has 4 rings (SSSR count). The molecule has 0 unspecified atom stereocenters. The number of aromatic nitrogens is 1. The van der Waals surface area contributed by atoms with Gasteiger partial charge < -0.3 is 9.64 Å². The highest BCUT2D eigenvalue weighted by Crippen LogP contribution is 2.21. The predicted octanol–water partition coefficient (Wildman–Crippen LogP) is 3.46. The third kappa shape index (κ3) is 5.03. The van der Waals surface area contributed by atoms with Crippen molar-refractivity contribution in [2.45, 2.75) is 45.2 Å². The third-order valence-electron chi connectivity index (χ3n) is 6.10. The quantitative estimate of drug-likeness (QED) is 0.754. The summed E-state index contributed by atoms with van der Waals surface area (Å²) in [5, 5.41) is 0. The van der Waals surface area contributed by atoms with Gasteiger partial charge in [0, 0.05) is 57.8 Å². The molecule has 2 aromatic rings. The van der Waals surface area contributed by atoms with E-state index in [-0.39, 0.29) is 11.9 Å². The molecule has 2 aliphatic rings. The lowest BCUT2D eigenvalue weighted by Gasteiger charge is -2.35. The van der Waals surface area contributed by atoms with Gasteiger partial charge in [0.05, 0.1) is 5.56 Å². The minimum atomic E-state index is 0.108. The first-order chi connectivity index (χ1) is 14.2. The van der Waals surface area contributed by atoms with Crippen LogP contribution in [-0.4, -0.2) is 59.6 Å². The fourth-order valence-corrected chi connectivity index (χ4v) is 4.49. The van der Waals surface area contributed by atoms with Crippen LogP contribution in [-0.2, 0) is 17.7 Å². The van der Waals surface area contributed by atoms with Gasteiger partial charge in [-0.3, -0.25) is 14.7 Å². The topological polar surface area (TPSA) is 45.7 Å². The molecule has 0 bridgehead atoms. The summed E-state index contributed by atoms with van der Waals surface area (Å²) in [6, 6.07) is 11.0. The van der Waals surface area contributed by atoms with Gasteiger partial charge in [0.2, 0.25) is 0 Å². The van der Waals surface area contributed by atoms with E-state index in [1.165, 1.54) is 11.1 Å². The van der Waals surface area contributed by atoms with Crippen LogP contribution in [0, 0.1) is 6.92 Å². The van der Waals surface area contributed by atoms with Gasteiger partial charge in [-0.05, 0) is 55.4 Å². The first kappa shape index (κ1) is 20.0. The Morgan fingerprint density at radius 3 is 2.79 bits per heavy atom. The van der Waals surface area contributed by atoms with E-state index < -0.39 is 0 Å². The van der Waals surface area contributed by atoms with Crippen molar-refractivity contribution in [1.82, 2.24) is 14.8 Å². The van der Waals surface area contributed by atoms with Gasteiger partial charge >= 0.3 is 0 Å². The smallest absolute Gasteiger partial charge is 0.255 e. The van der Waals surface area contributed by atoms with Crippen molar-refractivity contribution in [3.05, 3.63) is 65.0 Å². The van der Waals surface area contributed by atoms with E-state index in [0.717, 1.165) is 70.6 Å². The molecular formula is C24H31N3O2. The van der Waals surface area contributed by atoms with Gasteiger partial charge in [0.15, 0.2) is 0 Å². The molecule has 2 aliphatic heterocycles. The highest BCUT2D eigenvalue weighted by atomic mass is 16.5. The minimum absolute atomic E-state index is 0.108. The zero-order chi connectivity index (χ0) is 20.1. The van der Waals surface area contributed by atoms with Crippen molar-refractivity contribution in [3.8, 4) is 0 Å². The molecule has 5 nitrogen and oxygen atoms in total. The molecule has 1 aromatic carbocycles. The number of hydrogen-bond acceptors (Lipinski definition) is 4. The largest absolute Gasteiger partial charge is 0.381 e. The van der Waals surface area contributed by atoms with E-state index in [1.807, 2.05) is 13.0 Å². The van der Waals surface area contributed by atoms with Crippen molar-refractivity contribution >= 4 is 5.91 Å². The standard InChI is InChI=1S/C24H31N3O2/c1-19-15-22(17-25-16-19)24(28)27(23-8-13-29-14-9-23)11-4-10-26-12-7-20-5-2-3-6-21(20)18-26/h2-3,5-6,15-17,23H,4,7-14,18H2,1H3. The minimum Gasteiger partial charge on any atom is -0.381 e. The molecule has 5 heteroatoms. The molecule has 0 atom stereocenters. The van der Waals surface area contributed by atoms with Gasteiger partial charge in [0.25, 0.3) is 5.91 Å². The van der Waals surface area contributed by atoms with Crippen LogP contribution < -0.4 is 0 Å². The molecule has 1 amide bonds. The van der Waals surface area contributed by atoms with E-state index in [9.17, 15) is 4.79 Å². The summed E-state index contributed by atoms with van der Waals surface area (Å²) in [7, 11) is 0. The molecule has 29 heavy (non-hydrogen) atoms. The van der Waals surface area contributed by atoms with Crippen molar-refractivity contribution in [2.75, 3.05) is 32.8 Å². The normalized spacial score (nSPS) is 17.7. The fourth-order valence-electron chi connectivity index (χ4n) is 4.49. The number of benzene rings is 1. The van der Waals surface area contributed by atoms with Gasteiger partial charge in [0.1, 0.15) is 0 Å². The van der Waals surface area contributed by atoms with E-state index in [1.54, 1.807) is 12.4 Å².